The Balaban J connectivity index is 2.98. The average Bonchev–Trinajstić information content (AvgIpc) is 2.38. The quantitative estimate of drug-likeness (QED) is 0.798. The first-order chi connectivity index (χ1) is 9.31. The number of hydrogen-bond acceptors (Lipinski definition) is 3. The SMILES string of the molecule is COc1cc(C(C)(C)CCCC(C)C)cc(OC)c1O. The van der Waals surface area contributed by atoms with E-state index in [1.54, 1.807) is 14.2 Å². The monoisotopic (exact) mass is 280 g/mol. The topological polar surface area (TPSA) is 38.7 Å². The van der Waals surface area contributed by atoms with Crippen molar-refractivity contribution in [3.05, 3.63) is 17.7 Å². The van der Waals surface area contributed by atoms with Crippen LogP contribution in [0.15, 0.2) is 12.1 Å². The molecule has 0 amide bonds. The van der Waals surface area contributed by atoms with Gasteiger partial charge in [-0.25, -0.2) is 0 Å². The van der Waals surface area contributed by atoms with E-state index in [4.69, 9.17) is 9.47 Å². The summed E-state index contributed by atoms with van der Waals surface area (Å²) in [6.07, 6.45) is 3.52. The Bertz CT molecular complexity index is 411. The van der Waals surface area contributed by atoms with Crippen LogP contribution in [0.5, 0.6) is 17.2 Å². The lowest BCUT2D eigenvalue weighted by Gasteiger charge is -2.27. The lowest BCUT2D eigenvalue weighted by Crippen LogP contribution is -2.17. The second-order valence-corrected chi connectivity index (χ2v) is 6.40. The van der Waals surface area contributed by atoms with Gasteiger partial charge in [0, 0.05) is 0 Å². The van der Waals surface area contributed by atoms with Gasteiger partial charge in [-0.1, -0.05) is 40.5 Å². The van der Waals surface area contributed by atoms with Crippen LogP contribution in [-0.4, -0.2) is 19.3 Å². The summed E-state index contributed by atoms with van der Waals surface area (Å²) >= 11 is 0. The minimum Gasteiger partial charge on any atom is -0.502 e. The third-order valence-corrected chi connectivity index (χ3v) is 3.84. The molecule has 0 saturated heterocycles. The maximum absolute atomic E-state index is 9.98. The van der Waals surface area contributed by atoms with Gasteiger partial charge in [-0.05, 0) is 35.4 Å². The van der Waals surface area contributed by atoms with Gasteiger partial charge in [0.2, 0.25) is 5.75 Å². The van der Waals surface area contributed by atoms with Gasteiger partial charge >= 0.3 is 0 Å². The first kappa shape index (κ1) is 16.7. The number of hydrogen-bond donors (Lipinski definition) is 1. The molecule has 20 heavy (non-hydrogen) atoms. The second kappa shape index (κ2) is 6.87. The maximum atomic E-state index is 9.98. The predicted octanol–water partition coefficient (Wildman–Crippen LogP) is 4.51. The van der Waals surface area contributed by atoms with E-state index in [0.29, 0.717) is 11.5 Å². The van der Waals surface area contributed by atoms with Crippen molar-refractivity contribution < 1.29 is 14.6 Å². The molecule has 0 spiro atoms. The Kier molecular flexibility index (Phi) is 5.73. The summed E-state index contributed by atoms with van der Waals surface area (Å²) in [5.74, 6) is 1.74. The van der Waals surface area contributed by atoms with Crippen LogP contribution >= 0.6 is 0 Å². The molecule has 0 bridgehead atoms. The minimum atomic E-state index is 0.0309. The molecule has 0 aliphatic rings. The Morgan fingerprint density at radius 2 is 1.60 bits per heavy atom. The summed E-state index contributed by atoms with van der Waals surface area (Å²) in [5.41, 5.74) is 1.16. The molecule has 1 rings (SSSR count). The van der Waals surface area contributed by atoms with E-state index < -0.39 is 0 Å². The van der Waals surface area contributed by atoms with E-state index in [-0.39, 0.29) is 11.2 Å². The number of rotatable bonds is 7. The van der Waals surface area contributed by atoms with Crippen LogP contribution in [0.4, 0.5) is 0 Å². The molecule has 3 nitrogen and oxygen atoms in total. The Hall–Kier alpha value is -1.38. The van der Waals surface area contributed by atoms with Gasteiger partial charge < -0.3 is 14.6 Å². The summed E-state index contributed by atoms with van der Waals surface area (Å²) in [6, 6.07) is 3.82. The van der Waals surface area contributed by atoms with E-state index in [9.17, 15) is 5.11 Å². The van der Waals surface area contributed by atoms with E-state index >= 15 is 0 Å². The Labute approximate surface area is 122 Å². The largest absolute Gasteiger partial charge is 0.502 e. The third-order valence-electron chi connectivity index (χ3n) is 3.84. The van der Waals surface area contributed by atoms with Crippen LogP contribution in [0, 0.1) is 5.92 Å². The van der Waals surface area contributed by atoms with Crippen molar-refractivity contribution in [1.82, 2.24) is 0 Å². The zero-order chi connectivity index (χ0) is 15.3. The minimum absolute atomic E-state index is 0.0309. The molecule has 0 aromatic heterocycles. The van der Waals surface area contributed by atoms with E-state index in [2.05, 4.69) is 27.7 Å². The molecule has 3 heteroatoms. The number of ether oxygens (including phenoxy) is 2. The Morgan fingerprint density at radius 1 is 1.10 bits per heavy atom. The lowest BCUT2D eigenvalue weighted by molar-refractivity contribution is 0.335. The van der Waals surface area contributed by atoms with Gasteiger partial charge in [0.25, 0.3) is 0 Å². The fourth-order valence-electron chi connectivity index (χ4n) is 2.38. The van der Waals surface area contributed by atoms with E-state index in [1.165, 1.54) is 12.8 Å². The normalized spacial score (nSPS) is 11.8. The molecule has 0 heterocycles. The van der Waals surface area contributed by atoms with Gasteiger partial charge in [-0.15, -0.1) is 0 Å². The molecule has 0 atom stereocenters. The van der Waals surface area contributed by atoms with Crippen molar-refractivity contribution >= 4 is 0 Å². The van der Waals surface area contributed by atoms with Crippen LogP contribution in [-0.2, 0) is 5.41 Å². The fourth-order valence-corrected chi connectivity index (χ4v) is 2.38. The molecular formula is C17H28O3. The standard InChI is InChI=1S/C17H28O3/c1-12(2)8-7-9-17(3,4)13-10-14(19-5)16(18)15(11-13)20-6/h10-12,18H,7-9H2,1-6H3. The van der Waals surface area contributed by atoms with Crippen molar-refractivity contribution in [2.45, 2.75) is 52.4 Å². The molecule has 114 valence electrons. The number of phenolic OH excluding ortho intramolecular Hbond substituents is 1. The molecule has 0 saturated carbocycles. The molecule has 0 aliphatic carbocycles. The number of aromatic hydroxyl groups is 1. The summed E-state index contributed by atoms with van der Waals surface area (Å²) in [7, 11) is 3.12. The number of methoxy groups -OCH3 is 2. The van der Waals surface area contributed by atoms with Crippen LogP contribution in [0.25, 0.3) is 0 Å². The first-order valence-corrected chi connectivity index (χ1v) is 7.27. The van der Waals surface area contributed by atoms with Gasteiger partial charge in [0.1, 0.15) is 0 Å². The first-order valence-electron chi connectivity index (χ1n) is 7.27. The maximum Gasteiger partial charge on any atom is 0.200 e. The van der Waals surface area contributed by atoms with Crippen LogP contribution in [0.1, 0.15) is 52.5 Å². The number of benzene rings is 1. The molecule has 0 aliphatic heterocycles. The molecule has 0 fully saturated rings. The fraction of sp³-hybridized carbons (Fsp3) is 0.647. The second-order valence-electron chi connectivity index (χ2n) is 6.40. The van der Waals surface area contributed by atoms with Crippen molar-refractivity contribution in [1.29, 1.82) is 0 Å². The summed E-state index contributed by atoms with van der Waals surface area (Å²) < 4.78 is 10.5. The van der Waals surface area contributed by atoms with Gasteiger partial charge in [-0.3, -0.25) is 0 Å². The highest BCUT2D eigenvalue weighted by Gasteiger charge is 2.24. The zero-order valence-corrected chi connectivity index (χ0v) is 13.6. The third kappa shape index (κ3) is 4.06. The molecule has 1 aromatic carbocycles. The summed E-state index contributed by atoms with van der Waals surface area (Å²) in [5, 5.41) is 9.98. The highest BCUT2D eigenvalue weighted by Crippen LogP contribution is 2.41. The van der Waals surface area contributed by atoms with Crippen molar-refractivity contribution in [2.75, 3.05) is 14.2 Å². The summed E-state index contributed by atoms with van der Waals surface area (Å²) in [6.45, 7) is 8.94. The van der Waals surface area contributed by atoms with E-state index in [1.807, 2.05) is 12.1 Å². The molecule has 1 N–H and O–H groups in total. The molecular weight excluding hydrogens is 252 g/mol. The predicted molar refractivity (Wildman–Crippen MR) is 82.9 cm³/mol. The van der Waals surface area contributed by atoms with Gasteiger partial charge in [0.15, 0.2) is 11.5 Å². The average molecular weight is 280 g/mol. The smallest absolute Gasteiger partial charge is 0.200 e. The lowest BCUT2D eigenvalue weighted by atomic mass is 9.79. The van der Waals surface area contributed by atoms with Crippen molar-refractivity contribution in [3.63, 3.8) is 0 Å². The van der Waals surface area contributed by atoms with Crippen molar-refractivity contribution in [3.8, 4) is 17.2 Å². The highest BCUT2D eigenvalue weighted by atomic mass is 16.5. The Morgan fingerprint density at radius 3 is 2.00 bits per heavy atom. The molecule has 1 aromatic rings. The van der Waals surface area contributed by atoms with Crippen LogP contribution < -0.4 is 9.47 Å². The van der Waals surface area contributed by atoms with Gasteiger partial charge in [-0.2, -0.15) is 0 Å². The molecule has 0 radical (unpaired) electrons. The highest BCUT2D eigenvalue weighted by molar-refractivity contribution is 5.54. The van der Waals surface area contributed by atoms with Crippen LogP contribution in [0.3, 0.4) is 0 Å². The number of phenols is 1. The zero-order valence-electron chi connectivity index (χ0n) is 13.6. The molecule has 0 unspecified atom stereocenters. The van der Waals surface area contributed by atoms with Crippen LogP contribution in [0.2, 0.25) is 0 Å². The van der Waals surface area contributed by atoms with Gasteiger partial charge in [0.05, 0.1) is 14.2 Å². The van der Waals surface area contributed by atoms with E-state index in [0.717, 1.165) is 17.9 Å². The summed E-state index contributed by atoms with van der Waals surface area (Å²) in [4.78, 5) is 0. The van der Waals surface area contributed by atoms with Crippen molar-refractivity contribution in [2.24, 2.45) is 5.92 Å².